The second-order valence-corrected chi connectivity index (χ2v) is 6.41. The topological polar surface area (TPSA) is 77.7 Å². The number of methoxy groups -OCH3 is 2. The molecular formula is C23H20N4O3. The monoisotopic (exact) mass is 400 g/mol. The third-order valence-corrected chi connectivity index (χ3v) is 4.60. The van der Waals surface area contributed by atoms with E-state index in [0.29, 0.717) is 34.0 Å². The lowest BCUT2D eigenvalue weighted by atomic mass is 10.2. The molecule has 0 saturated carbocycles. The molecule has 0 spiro atoms. The van der Waals surface area contributed by atoms with Gasteiger partial charge >= 0.3 is 0 Å². The van der Waals surface area contributed by atoms with Gasteiger partial charge in [-0.2, -0.15) is 5.10 Å². The molecule has 150 valence electrons. The minimum absolute atomic E-state index is 0.175. The van der Waals surface area contributed by atoms with Crippen molar-refractivity contribution in [3.05, 3.63) is 88.7 Å². The zero-order valence-corrected chi connectivity index (χ0v) is 16.6. The maximum atomic E-state index is 13.2. The van der Waals surface area contributed by atoms with Crippen molar-refractivity contribution in [3.8, 4) is 17.2 Å². The highest BCUT2D eigenvalue weighted by atomic mass is 16.5. The van der Waals surface area contributed by atoms with Gasteiger partial charge in [-0.15, -0.1) is 0 Å². The Bertz CT molecular complexity index is 1270. The summed E-state index contributed by atoms with van der Waals surface area (Å²) >= 11 is 0. The minimum Gasteiger partial charge on any atom is -0.497 e. The molecule has 0 amide bonds. The van der Waals surface area contributed by atoms with Gasteiger partial charge in [0.2, 0.25) is 5.95 Å². The summed E-state index contributed by atoms with van der Waals surface area (Å²) in [5, 5.41) is 4.83. The van der Waals surface area contributed by atoms with Crippen LogP contribution >= 0.6 is 0 Å². The molecule has 1 aromatic heterocycles. The van der Waals surface area contributed by atoms with E-state index in [1.807, 2.05) is 54.6 Å². The number of anilines is 1. The van der Waals surface area contributed by atoms with Gasteiger partial charge in [0, 0.05) is 11.6 Å². The maximum Gasteiger partial charge on any atom is 0.267 e. The number of ether oxygens (including phenoxy) is 2. The molecule has 0 bridgehead atoms. The molecule has 0 atom stereocenters. The number of benzene rings is 3. The Hall–Kier alpha value is -4.13. The normalized spacial score (nSPS) is 11.0. The van der Waals surface area contributed by atoms with Gasteiger partial charge in [0.25, 0.3) is 5.56 Å². The highest BCUT2D eigenvalue weighted by Crippen LogP contribution is 2.23. The fourth-order valence-electron chi connectivity index (χ4n) is 3.11. The summed E-state index contributed by atoms with van der Waals surface area (Å²) in [5.41, 5.74) is 4.77. The lowest BCUT2D eigenvalue weighted by Crippen LogP contribution is -2.22. The summed E-state index contributed by atoms with van der Waals surface area (Å²) < 4.78 is 12.1. The highest BCUT2D eigenvalue weighted by Gasteiger charge is 2.12. The van der Waals surface area contributed by atoms with Crippen LogP contribution in [0.2, 0.25) is 0 Å². The predicted octanol–water partition coefficient (Wildman–Crippen LogP) is 3.85. The minimum atomic E-state index is -0.175. The Morgan fingerprint density at radius 3 is 2.50 bits per heavy atom. The largest absolute Gasteiger partial charge is 0.497 e. The van der Waals surface area contributed by atoms with Gasteiger partial charge in [0.05, 0.1) is 37.0 Å². The molecule has 0 saturated heterocycles. The van der Waals surface area contributed by atoms with Crippen molar-refractivity contribution in [3.63, 3.8) is 0 Å². The summed E-state index contributed by atoms with van der Waals surface area (Å²) in [7, 11) is 3.18. The molecule has 1 heterocycles. The van der Waals surface area contributed by atoms with Crippen molar-refractivity contribution in [2.24, 2.45) is 5.10 Å². The lowest BCUT2D eigenvalue weighted by molar-refractivity contribution is 0.394. The van der Waals surface area contributed by atoms with Gasteiger partial charge in [-0.25, -0.2) is 15.0 Å². The van der Waals surface area contributed by atoms with Crippen molar-refractivity contribution in [1.29, 1.82) is 0 Å². The van der Waals surface area contributed by atoms with Gasteiger partial charge in [0.15, 0.2) is 0 Å². The van der Waals surface area contributed by atoms with Crippen molar-refractivity contribution in [2.75, 3.05) is 19.6 Å². The SMILES string of the molecule is COc1ccc(/C=N/Nc2nc3ccccc3c(=O)n2-c2ccccc2)c(OC)c1. The second-order valence-electron chi connectivity index (χ2n) is 6.41. The third kappa shape index (κ3) is 3.73. The van der Waals surface area contributed by atoms with Crippen LogP contribution in [-0.4, -0.2) is 30.0 Å². The number of nitrogens with one attached hydrogen (secondary N) is 1. The Balaban J connectivity index is 1.76. The van der Waals surface area contributed by atoms with Gasteiger partial charge in [0.1, 0.15) is 11.5 Å². The van der Waals surface area contributed by atoms with E-state index in [2.05, 4.69) is 15.5 Å². The molecule has 3 aromatic carbocycles. The average molecular weight is 400 g/mol. The number of fused-ring (bicyclic) bond motifs is 1. The van der Waals surface area contributed by atoms with E-state index >= 15 is 0 Å². The van der Waals surface area contributed by atoms with E-state index in [-0.39, 0.29) is 5.56 Å². The predicted molar refractivity (Wildman–Crippen MR) is 118 cm³/mol. The van der Waals surface area contributed by atoms with Crippen LogP contribution in [0.25, 0.3) is 16.6 Å². The lowest BCUT2D eigenvalue weighted by Gasteiger charge is -2.13. The number of hydrazone groups is 1. The molecule has 0 radical (unpaired) electrons. The standard InChI is InChI=1S/C23H20N4O3/c1-29-18-13-12-16(21(14-18)30-2)15-24-26-23-25-20-11-7-6-10-19(20)22(28)27(23)17-8-4-3-5-9-17/h3-15H,1-2H3,(H,25,26)/b24-15+. The van der Waals surface area contributed by atoms with Crippen molar-refractivity contribution in [1.82, 2.24) is 9.55 Å². The molecule has 7 nitrogen and oxygen atoms in total. The van der Waals surface area contributed by atoms with Gasteiger partial charge in [-0.05, 0) is 36.4 Å². The zero-order chi connectivity index (χ0) is 20.9. The first kappa shape index (κ1) is 19.2. The van der Waals surface area contributed by atoms with E-state index in [1.54, 1.807) is 38.6 Å². The number of nitrogens with zero attached hydrogens (tertiary/aromatic N) is 3. The quantitative estimate of drug-likeness (QED) is 0.393. The molecular weight excluding hydrogens is 380 g/mol. The van der Waals surface area contributed by atoms with Crippen molar-refractivity contribution in [2.45, 2.75) is 0 Å². The number of para-hydroxylation sites is 2. The first-order valence-corrected chi connectivity index (χ1v) is 9.29. The number of aromatic nitrogens is 2. The second kappa shape index (κ2) is 8.48. The fraction of sp³-hybridized carbons (Fsp3) is 0.0870. The molecule has 0 aliphatic carbocycles. The first-order chi connectivity index (χ1) is 14.7. The summed E-state index contributed by atoms with van der Waals surface area (Å²) in [6.45, 7) is 0. The van der Waals surface area contributed by atoms with Crippen LogP contribution in [0.15, 0.2) is 82.7 Å². The molecule has 7 heteroatoms. The van der Waals surface area contributed by atoms with E-state index in [4.69, 9.17) is 9.47 Å². The smallest absolute Gasteiger partial charge is 0.267 e. The van der Waals surface area contributed by atoms with Crippen LogP contribution in [0.5, 0.6) is 11.5 Å². The first-order valence-electron chi connectivity index (χ1n) is 9.29. The van der Waals surface area contributed by atoms with E-state index in [1.165, 1.54) is 4.57 Å². The van der Waals surface area contributed by atoms with Gasteiger partial charge < -0.3 is 9.47 Å². The Morgan fingerprint density at radius 1 is 0.967 bits per heavy atom. The summed E-state index contributed by atoms with van der Waals surface area (Å²) in [4.78, 5) is 17.8. The number of hydrogen-bond donors (Lipinski definition) is 1. The molecule has 4 rings (SSSR count). The van der Waals surface area contributed by atoms with E-state index < -0.39 is 0 Å². The Labute approximate surface area is 173 Å². The number of hydrogen-bond acceptors (Lipinski definition) is 6. The summed E-state index contributed by atoms with van der Waals surface area (Å²) in [5.74, 6) is 1.62. The summed E-state index contributed by atoms with van der Waals surface area (Å²) in [6.07, 6.45) is 1.61. The van der Waals surface area contributed by atoms with Crippen LogP contribution in [0.4, 0.5) is 5.95 Å². The molecule has 1 N–H and O–H groups in total. The molecule has 0 unspecified atom stereocenters. The van der Waals surface area contributed by atoms with Crippen molar-refractivity contribution >= 4 is 23.1 Å². The highest BCUT2D eigenvalue weighted by molar-refractivity contribution is 5.84. The molecule has 0 aliphatic heterocycles. The third-order valence-electron chi connectivity index (χ3n) is 4.60. The number of rotatable bonds is 6. The molecule has 30 heavy (non-hydrogen) atoms. The Morgan fingerprint density at radius 2 is 1.73 bits per heavy atom. The molecule has 0 fully saturated rings. The van der Waals surface area contributed by atoms with Crippen molar-refractivity contribution < 1.29 is 9.47 Å². The van der Waals surface area contributed by atoms with Gasteiger partial charge in [-0.3, -0.25) is 4.79 Å². The van der Waals surface area contributed by atoms with Crippen LogP contribution in [-0.2, 0) is 0 Å². The fourth-order valence-corrected chi connectivity index (χ4v) is 3.11. The van der Waals surface area contributed by atoms with Crippen LogP contribution in [0.3, 0.4) is 0 Å². The average Bonchev–Trinajstić information content (AvgIpc) is 2.80. The van der Waals surface area contributed by atoms with Crippen LogP contribution in [0.1, 0.15) is 5.56 Å². The van der Waals surface area contributed by atoms with E-state index in [9.17, 15) is 4.79 Å². The maximum absolute atomic E-state index is 13.2. The van der Waals surface area contributed by atoms with E-state index in [0.717, 1.165) is 5.56 Å². The Kier molecular flexibility index (Phi) is 5.43. The summed E-state index contributed by atoms with van der Waals surface area (Å²) in [6, 6.07) is 22.0. The zero-order valence-electron chi connectivity index (χ0n) is 16.6. The molecule has 4 aromatic rings. The molecule has 0 aliphatic rings. The van der Waals surface area contributed by atoms with Gasteiger partial charge in [-0.1, -0.05) is 30.3 Å². The van der Waals surface area contributed by atoms with Crippen LogP contribution in [0, 0.1) is 0 Å². The van der Waals surface area contributed by atoms with Crippen LogP contribution < -0.4 is 20.5 Å².